The second-order valence-electron chi connectivity index (χ2n) is 6.63. The maximum atomic E-state index is 12.8. The largest absolute Gasteiger partial charge is 0.497 e. The van der Waals surface area contributed by atoms with Gasteiger partial charge in [0.2, 0.25) is 0 Å². The minimum Gasteiger partial charge on any atom is -0.497 e. The Morgan fingerprint density at radius 3 is 2.20 bits per heavy atom. The number of aryl methyl sites for hydroxylation is 2. The van der Waals surface area contributed by atoms with Gasteiger partial charge in [0.05, 0.1) is 12.7 Å². The summed E-state index contributed by atoms with van der Waals surface area (Å²) in [5, 5.41) is 0. The predicted molar refractivity (Wildman–Crippen MR) is 97.1 cm³/mol. The zero-order valence-corrected chi connectivity index (χ0v) is 15.5. The van der Waals surface area contributed by atoms with E-state index >= 15 is 0 Å². The molecule has 0 N–H and O–H groups in total. The summed E-state index contributed by atoms with van der Waals surface area (Å²) >= 11 is 0. The lowest BCUT2D eigenvalue weighted by Gasteiger charge is -2.34. The van der Waals surface area contributed by atoms with Crippen molar-refractivity contribution < 1.29 is 13.9 Å². The SMILES string of the molecule is COc1ccc(CN2CCN(C(=O)c3c(C)oc(C)c3C)CC2)cc1. The number of furan rings is 1. The lowest BCUT2D eigenvalue weighted by molar-refractivity contribution is 0.0626. The van der Waals surface area contributed by atoms with Crippen molar-refractivity contribution in [3.8, 4) is 5.75 Å². The van der Waals surface area contributed by atoms with E-state index in [4.69, 9.17) is 9.15 Å². The molecule has 1 aromatic heterocycles. The van der Waals surface area contributed by atoms with Gasteiger partial charge in [-0.3, -0.25) is 9.69 Å². The van der Waals surface area contributed by atoms with Crippen molar-refractivity contribution in [3.05, 3.63) is 52.5 Å². The van der Waals surface area contributed by atoms with Gasteiger partial charge in [-0.2, -0.15) is 0 Å². The molecular weight excluding hydrogens is 316 g/mol. The van der Waals surface area contributed by atoms with Crippen molar-refractivity contribution in [2.75, 3.05) is 33.3 Å². The third-order valence-corrected chi connectivity index (χ3v) is 5.00. The van der Waals surface area contributed by atoms with Crippen molar-refractivity contribution in [1.82, 2.24) is 9.80 Å². The van der Waals surface area contributed by atoms with Gasteiger partial charge in [0.25, 0.3) is 5.91 Å². The van der Waals surface area contributed by atoms with Gasteiger partial charge in [-0.1, -0.05) is 12.1 Å². The Balaban J connectivity index is 1.58. The van der Waals surface area contributed by atoms with E-state index < -0.39 is 0 Å². The molecule has 1 aliphatic rings. The Morgan fingerprint density at radius 2 is 1.68 bits per heavy atom. The maximum Gasteiger partial charge on any atom is 0.257 e. The molecule has 2 aromatic rings. The topological polar surface area (TPSA) is 45.9 Å². The second-order valence-corrected chi connectivity index (χ2v) is 6.63. The molecule has 0 spiro atoms. The molecule has 3 rings (SSSR count). The number of nitrogens with zero attached hydrogens (tertiary/aromatic N) is 2. The molecule has 1 aromatic carbocycles. The lowest BCUT2D eigenvalue weighted by Crippen LogP contribution is -2.48. The molecule has 0 saturated carbocycles. The number of carbonyl (C=O) groups excluding carboxylic acids is 1. The summed E-state index contributed by atoms with van der Waals surface area (Å²) in [6.07, 6.45) is 0. The van der Waals surface area contributed by atoms with Crippen LogP contribution in [0.2, 0.25) is 0 Å². The highest BCUT2D eigenvalue weighted by Gasteiger charge is 2.26. The number of piperazine rings is 1. The predicted octanol–water partition coefficient (Wildman–Crippen LogP) is 3.17. The first kappa shape index (κ1) is 17.5. The van der Waals surface area contributed by atoms with E-state index in [9.17, 15) is 4.79 Å². The Morgan fingerprint density at radius 1 is 1.04 bits per heavy atom. The monoisotopic (exact) mass is 342 g/mol. The number of ether oxygens (including phenoxy) is 1. The van der Waals surface area contributed by atoms with E-state index in [-0.39, 0.29) is 5.91 Å². The van der Waals surface area contributed by atoms with Crippen molar-refractivity contribution >= 4 is 5.91 Å². The first-order chi connectivity index (χ1) is 12.0. The molecular formula is C20H26N2O3. The fraction of sp³-hybridized carbons (Fsp3) is 0.450. The average molecular weight is 342 g/mol. The number of methoxy groups -OCH3 is 1. The van der Waals surface area contributed by atoms with Gasteiger partial charge in [0.15, 0.2) is 0 Å². The molecule has 0 radical (unpaired) electrons. The highest BCUT2D eigenvalue weighted by molar-refractivity contribution is 5.97. The average Bonchev–Trinajstić information content (AvgIpc) is 2.88. The van der Waals surface area contributed by atoms with Crippen LogP contribution in [0.15, 0.2) is 28.7 Å². The zero-order chi connectivity index (χ0) is 18.0. The first-order valence-corrected chi connectivity index (χ1v) is 8.70. The first-order valence-electron chi connectivity index (χ1n) is 8.70. The van der Waals surface area contributed by atoms with Gasteiger partial charge >= 0.3 is 0 Å². The Kier molecular flexibility index (Phi) is 5.13. The number of amides is 1. The summed E-state index contributed by atoms with van der Waals surface area (Å²) in [5.74, 6) is 2.52. The second kappa shape index (κ2) is 7.31. The number of carbonyl (C=O) groups is 1. The van der Waals surface area contributed by atoms with E-state index in [1.54, 1.807) is 7.11 Å². The van der Waals surface area contributed by atoms with E-state index in [2.05, 4.69) is 17.0 Å². The fourth-order valence-electron chi connectivity index (χ4n) is 3.36. The van der Waals surface area contributed by atoms with E-state index in [1.165, 1.54) is 5.56 Å². The number of benzene rings is 1. The molecule has 1 amide bonds. The van der Waals surface area contributed by atoms with Crippen LogP contribution in [-0.4, -0.2) is 49.0 Å². The summed E-state index contributed by atoms with van der Waals surface area (Å²) in [4.78, 5) is 17.1. The number of hydrogen-bond donors (Lipinski definition) is 0. The minimum absolute atomic E-state index is 0.0935. The molecule has 2 heterocycles. The van der Waals surface area contributed by atoms with Crippen molar-refractivity contribution in [3.63, 3.8) is 0 Å². The fourth-order valence-corrected chi connectivity index (χ4v) is 3.36. The summed E-state index contributed by atoms with van der Waals surface area (Å²) < 4.78 is 10.8. The van der Waals surface area contributed by atoms with Crippen LogP contribution >= 0.6 is 0 Å². The summed E-state index contributed by atoms with van der Waals surface area (Å²) in [6.45, 7) is 9.89. The molecule has 5 nitrogen and oxygen atoms in total. The molecule has 134 valence electrons. The summed E-state index contributed by atoms with van der Waals surface area (Å²) in [6, 6.07) is 8.17. The Labute approximate surface area is 149 Å². The van der Waals surface area contributed by atoms with Crippen LogP contribution in [0.4, 0.5) is 0 Å². The molecule has 0 aliphatic carbocycles. The Hall–Kier alpha value is -2.27. The number of rotatable bonds is 4. The molecule has 1 aliphatic heterocycles. The van der Waals surface area contributed by atoms with Gasteiger partial charge < -0.3 is 14.1 Å². The van der Waals surface area contributed by atoms with Crippen LogP contribution in [0.1, 0.15) is 33.0 Å². The molecule has 1 fully saturated rings. The molecule has 25 heavy (non-hydrogen) atoms. The van der Waals surface area contributed by atoms with E-state index in [1.807, 2.05) is 37.8 Å². The molecule has 5 heteroatoms. The van der Waals surface area contributed by atoms with Crippen LogP contribution in [-0.2, 0) is 6.54 Å². The van der Waals surface area contributed by atoms with Crippen LogP contribution < -0.4 is 4.74 Å². The highest BCUT2D eigenvalue weighted by Crippen LogP contribution is 2.23. The van der Waals surface area contributed by atoms with Gasteiger partial charge in [0, 0.05) is 38.3 Å². The molecule has 1 saturated heterocycles. The van der Waals surface area contributed by atoms with Gasteiger partial charge in [0.1, 0.15) is 17.3 Å². The van der Waals surface area contributed by atoms with Crippen molar-refractivity contribution in [2.24, 2.45) is 0 Å². The molecule has 0 atom stereocenters. The van der Waals surface area contributed by atoms with Gasteiger partial charge in [-0.15, -0.1) is 0 Å². The van der Waals surface area contributed by atoms with E-state index in [0.29, 0.717) is 0 Å². The molecule has 0 unspecified atom stereocenters. The van der Waals surface area contributed by atoms with Crippen LogP contribution in [0.25, 0.3) is 0 Å². The van der Waals surface area contributed by atoms with Gasteiger partial charge in [-0.25, -0.2) is 0 Å². The van der Waals surface area contributed by atoms with Crippen LogP contribution in [0.5, 0.6) is 5.75 Å². The normalized spacial score (nSPS) is 15.4. The summed E-state index contributed by atoms with van der Waals surface area (Å²) in [5.41, 5.74) is 2.96. The highest BCUT2D eigenvalue weighted by atomic mass is 16.5. The van der Waals surface area contributed by atoms with Gasteiger partial charge in [-0.05, 0) is 38.5 Å². The lowest BCUT2D eigenvalue weighted by atomic mass is 10.1. The summed E-state index contributed by atoms with van der Waals surface area (Å²) in [7, 11) is 1.68. The van der Waals surface area contributed by atoms with E-state index in [0.717, 1.165) is 61.1 Å². The Bertz CT molecular complexity index is 741. The third-order valence-electron chi connectivity index (χ3n) is 5.00. The van der Waals surface area contributed by atoms with Crippen LogP contribution in [0, 0.1) is 20.8 Å². The maximum absolute atomic E-state index is 12.8. The third kappa shape index (κ3) is 3.71. The smallest absolute Gasteiger partial charge is 0.257 e. The zero-order valence-electron chi connectivity index (χ0n) is 15.5. The standard InChI is InChI=1S/C20H26N2O3/c1-14-15(2)25-16(3)19(14)20(23)22-11-9-21(10-12-22)13-17-5-7-18(24-4)8-6-17/h5-8H,9-13H2,1-4H3. The van der Waals surface area contributed by atoms with Crippen LogP contribution in [0.3, 0.4) is 0 Å². The quantitative estimate of drug-likeness (QED) is 0.856. The van der Waals surface area contributed by atoms with Crippen molar-refractivity contribution in [1.29, 1.82) is 0 Å². The minimum atomic E-state index is 0.0935. The number of hydrogen-bond acceptors (Lipinski definition) is 4. The molecule has 0 bridgehead atoms. The van der Waals surface area contributed by atoms with Crippen molar-refractivity contribution in [2.45, 2.75) is 27.3 Å².